The van der Waals surface area contributed by atoms with Gasteiger partial charge in [0.2, 0.25) is 5.95 Å². The standard InChI is InChI=1S/C21H22N4/c1-15-7-9-17(10-8-15)20-18-14-22-12-11-19(18)24-21(25-20)23-13-16-5-3-2-4-6-16/h2-10,22H,11-14H2,1H3,(H,23,24,25). The van der Waals surface area contributed by atoms with Crippen LogP contribution in [-0.2, 0) is 19.5 Å². The van der Waals surface area contributed by atoms with Gasteiger partial charge in [0, 0.05) is 37.2 Å². The van der Waals surface area contributed by atoms with Crippen molar-refractivity contribution in [3.63, 3.8) is 0 Å². The molecule has 2 aromatic carbocycles. The van der Waals surface area contributed by atoms with E-state index in [1.54, 1.807) is 0 Å². The van der Waals surface area contributed by atoms with E-state index in [2.05, 4.69) is 54.0 Å². The molecule has 4 heteroatoms. The van der Waals surface area contributed by atoms with E-state index in [9.17, 15) is 0 Å². The molecule has 126 valence electrons. The number of rotatable bonds is 4. The van der Waals surface area contributed by atoms with Crippen molar-refractivity contribution in [1.29, 1.82) is 0 Å². The summed E-state index contributed by atoms with van der Waals surface area (Å²) in [6, 6.07) is 18.9. The Hall–Kier alpha value is -2.72. The highest BCUT2D eigenvalue weighted by Crippen LogP contribution is 2.27. The molecule has 1 aliphatic heterocycles. The monoisotopic (exact) mass is 330 g/mol. The van der Waals surface area contributed by atoms with E-state index >= 15 is 0 Å². The lowest BCUT2D eigenvalue weighted by Gasteiger charge is -2.20. The van der Waals surface area contributed by atoms with Gasteiger partial charge in [0.25, 0.3) is 0 Å². The molecule has 0 fully saturated rings. The minimum absolute atomic E-state index is 0.708. The van der Waals surface area contributed by atoms with Crippen LogP contribution in [0.5, 0.6) is 0 Å². The van der Waals surface area contributed by atoms with Gasteiger partial charge in [-0.15, -0.1) is 0 Å². The summed E-state index contributed by atoms with van der Waals surface area (Å²) in [4.78, 5) is 9.61. The fourth-order valence-electron chi connectivity index (χ4n) is 3.15. The molecule has 0 spiro atoms. The molecular weight excluding hydrogens is 308 g/mol. The predicted molar refractivity (Wildman–Crippen MR) is 101 cm³/mol. The highest BCUT2D eigenvalue weighted by Gasteiger charge is 2.18. The van der Waals surface area contributed by atoms with Gasteiger partial charge in [0.1, 0.15) is 0 Å². The number of nitrogens with one attached hydrogen (secondary N) is 2. The highest BCUT2D eigenvalue weighted by molar-refractivity contribution is 5.66. The van der Waals surface area contributed by atoms with Crippen molar-refractivity contribution >= 4 is 5.95 Å². The van der Waals surface area contributed by atoms with Crippen molar-refractivity contribution in [1.82, 2.24) is 15.3 Å². The predicted octanol–water partition coefficient (Wildman–Crippen LogP) is 3.71. The largest absolute Gasteiger partial charge is 0.350 e. The molecule has 0 atom stereocenters. The minimum atomic E-state index is 0.708. The zero-order valence-electron chi connectivity index (χ0n) is 14.4. The maximum Gasteiger partial charge on any atom is 0.223 e. The van der Waals surface area contributed by atoms with E-state index in [-0.39, 0.29) is 0 Å². The van der Waals surface area contributed by atoms with Crippen LogP contribution in [0.1, 0.15) is 22.4 Å². The molecule has 2 heterocycles. The SMILES string of the molecule is Cc1ccc(-c2nc(NCc3ccccc3)nc3c2CNCC3)cc1. The molecule has 1 aliphatic rings. The molecule has 2 N–H and O–H groups in total. The van der Waals surface area contributed by atoms with Gasteiger partial charge in [0.15, 0.2) is 0 Å². The number of benzene rings is 2. The van der Waals surface area contributed by atoms with Gasteiger partial charge >= 0.3 is 0 Å². The van der Waals surface area contributed by atoms with Crippen LogP contribution in [0, 0.1) is 6.92 Å². The number of fused-ring (bicyclic) bond motifs is 1. The van der Waals surface area contributed by atoms with Crippen LogP contribution in [0.2, 0.25) is 0 Å². The number of anilines is 1. The molecule has 4 rings (SSSR count). The second-order valence-electron chi connectivity index (χ2n) is 6.45. The van der Waals surface area contributed by atoms with Crippen molar-refractivity contribution in [3.8, 4) is 11.3 Å². The summed E-state index contributed by atoms with van der Waals surface area (Å²) >= 11 is 0. The highest BCUT2D eigenvalue weighted by atomic mass is 15.1. The first kappa shape index (κ1) is 15.8. The molecule has 0 saturated carbocycles. The Morgan fingerprint density at radius 3 is 2.60 bits per heavy atom. The normalized spacial score (nSPS) is 13.3. The molecule has 3 aromatic rings. The Kier molecular flexibility index (Phi) is 4.44. The summed E-state index contributed by atoms with van der Waals surface area (Å²) in [6.45, 7) is 4.63. The van der Waals surface area contributed by atoms with E-state index in [1.165, 1.54) is 16.7 Å². The molecule has 25 heavy (non-hydrogen) atoms. The average Bonchev–Trinajstić information content (AvgIpc) is 2.67. The second-order valence-corrected chi connectivity index (χ2v) is 6.45. The van der Waals surface area contributed by atoms with Crippen LogP contribution in [0.15, 0.2) is 54.6 Å². The molecular formula is C21H22N4. The van der Waals surface area contributed by atoms with Crippen molar-refractivity contribution < 1.29 is 0 Å². The zero-order chi connectivity index (χ0) is 17.1. The van der Waals surface area contributed by atoms with Crippen molar-refractivity contribution in [2.24, 2.45) is 0 Å². The topological polar surface area (TPSA) is 49.8 Å². The van der Waals surface area contributed by atoms with Crippen LogP contribution < -0.4 is 10.6 Å². The number of hydrogen-bond acceptors (Lipinski definition) is 4. The maximum atomic E-state index is 4.84. The summed E-state index contributed by atoms with van der Waals surface area (Å²) in [7, 11) is 0. The quantitative estimate of drug-likeness (QED) is 0.766. The molecule has 0 saturated heterocycles. The first-order valence-corrected chi connectivity index (χ1v) is 8.75. The zero-order valence-corrected chi connectivity index (χ0v) is 14.4. The average molecular weight is 330 g/mol. The van der Waals surface area contributed by atoms with Crippen molar-refractivity contribution in [2.45, 2.75) is 26.4 Å². The van der Waals surface area contributed by atoms with Crippen LogP contribution in [-0.4, -0.2) is 16.5 Å². The lowest BCUT2D eigenvalue weighted by atomic mass is 10.00. The third-order valence-electron chi connectivity index (χ3n) is 4.55. The van der Waals surface area contributed by atoms with E-state index in [0.717, 1.165) is 43.0 Å². The first-order chi connectivity index (χ1) is 12.3. The van der Waals surface area contributed by atoms with Crippen LogP contribution in [0.25, 0.3) is 11.3 Å². The lowest BCUT2D eigenvalue weighted by Crippen LogP contribution is -2.26. The fraction of sp³-hybridized carbons (Fsp3) is 0.238. The van der Waals surface area contributed by atoms with Gasteiger partial charge in [-0.1, -0.05) is 60.2 Å². The number of hydrogen-bond donors (Lipinski definition) is 2. The Morgan fingerprint density at radius 2 is 1.80 bits per heavy atom. The molecule has 0 bridgehead atoms. The van der Waals surface area contributed by atoms with Gasteiger partial charge in [-0.3, -0.25) is 0 Å². The summed E-state index contributed by atoms with van der Waals surface area (Å²) < 4.78 is 0. The van der Waals surface area contributed by atoms with Gasteiger partial charge < -0.3 is 10.6 Å². The molecule has 0 unspecified atom stereocenters. The fourth-order valence-corrected chi connectivity index (χ4v) is 3.15. The van der Waals surface area contributed by atoms with Gasteiger partial charge in [-0.2, -0.15) is 0 Å². The van der Waals surface area contributed by atoms with Crippen molar-refractivity contribution in [3.05, 3.63) is 77.0 Å². The van der Waals surface area contributed by atoms with E-state index in [1.807, 2.05) is 18.2 Å². The Labute approximate surface area is 148 Å². The van der Waals surface area contributed by atoms with Crippen LogP contribution in [0.3, 0.4) is 0 Å². The van der Waals surface area contributed by atoms with E-state index in [0.29, 0.717) is 5.95 Å². The number of nitrogens with zero attached hydrogens (tertiary/aromatic N) is 2. The number of aryl methyl sites for hydroxylation is 1. The summed E-state index contributed by atoms with van der Waals surface area (Å²) in [5, 5.41) is 6.83. The van der Waals surface area contributed by atoms with E-state index < -0.39 is 0 Å². The second kappa shape index (κ2) is 7.03. The minimum Gasteiger partial charge on any atom is -0.350 e. The summed E-state index contributed by atoms with van der Waals surface area (Å²) in [5.41, 5.74) is 7.04. The summed E-state index contributed by atoms with van der Waals surface area (Å²) in [6.07, 6.45) is 0.941. The molecule has 1 aromatic heterocycles. The van der Waals surface area contributed by atoms with Gasteiger partial charge in [-0.25, -0.2) is 9.97 Å². The van der Waals surface area contributed by atoms with Crippen LogP contribution >= 0.6 is 0 Å². The van der Waals surface area contributed by atoms with Crippen LogP contribution in [0.4, 0.5) is 5.95 Å². The maximum absolute atomic E-state index is 4.84. The Morgan fingerprint density at radius 1 is 1.00 bits per heavy atom. The third-order valence-corrected chi connectivity index (χ3v) is 4.55. The first-order valence-electron chi connectivity index (χ1n) is 8.75. The Balaban J connectivity index is 1.68. The Bertz CT molecular complexity index is 857. The molecule has 0 radical (unpaired) electrons. The van der Waals surface area contributed by atoms with Gasteiger partial charge in [0.05, 0.1) is 11.4 Å². The van der Waals surface area contributed by atoms with E-state index in [4.69, 9.17) is 9.97 Å². The van der Waals surface area contributed by atoms with Gasteiger partial charge in [-0.05, 0) is 12.5 Å². The smallest absolute Gasteiger partial charge is 0.223 e. The van der Waals surface area contributed by atoms with Crippen molar-refractivity contribution in [2.75, 3.05) is 11.9 Å². The third kappa shape index (κ3) is 3.54. The molecule has 0 amide bonds. The summed E-state index contributed by atoms with van der Waals surface area (Å²) in [5.74, 6) is 0.708. The lowest BCUT2D eigenvalue weighted by molar-refractivity contribution is 0.628. The molecule has 0 aliphatic carbocycles. The molecule has 4 nitrogen and oxygen atoms in total. The number of aromatic nitrogens is 2.